The summed E-state index contributed by atoms with van der Waals surface area (Å²) in [7, 11) is 0. The third-order valence-electron chi connectivity index (χ3n) is 2.79. The molecule has 0 aliphatic rings. The molecule has 0 radical (unpaired) electrons. The van der Waals surface area contributed by atoms with E-state index in [-0.39, 0.29) is 0 Å². The van der Waals surface area contributed by atoms with Gasteiger partial charge in [0.2, 0.25) is 0 Å². The Labute approximate surface area is 98.3 Å². The molecule has 0 saturated heterocycles. The summed E-state index contributed by atoms with van der Waals surface area (Å²) in [6.07, 6.45) is 0. The molecular weight excluding hydrogens is 212 g/mol. The van der Waals surface area contributed by atoms with Gasteiger partial charge in [-0.2, -0.15) is 0 Å². The Morgan fingerprint density at radius 3 is 2.47 bits per heavy atom. The Balaban J connectivity index is 2.34. The lowest BCUT2D eigenvalue weighted by atomic mass is 10.0. The normalized spacial score (nSPS) is 10.8. The lowest BCUT2D eigenvalue weighted by Gasteiger charge is -2.06. The van der Waals surface area contributed by atoms with Crippen LogP contribution in [0.2, 0.25) is 0 Å². The average molecular weight is 224 g/mol. The fourth-order valence-corrected chi connectivity index (χ4v) is 2.02. The molecule has 84 valence electrons. The summed E-state index contributed by atoms with van der Waals surface area (Å²) in [5, 5.41) is 0. The highest BCUT2D eigenvalue weighted by atomic mass is 15.0. The van der Waals surface area contributed by atoms with E-state index in [0.717, 1.165) is 27.8 Å². The lowest BCUT2D eigenvalue weighted by molar-refractivity contribution is 1.35. The number of hydrogen-bond donors (Lipinski definition) is 3. The molecule has 0 aliphatic heterocycles. The molecule has 4 nitrogen and oxygen atoms in total. The number of imidazole rings is 1. The third-order valence-corrected chi connectivity index (χ3v) is 2.79. The molecule has 0 fully saturated rings. The molecule has 1 aromatic heterocycles. The van der Waals surface area contributed by atoms with E-state index in [4.69, 9.17) is 11.5 Å². The maximum Gasteiger partial charge on any atom is 0.198 e. The summed E-state index contributed by atoms with van der Waals surface area (Å²) in [4.78, 5) is 7.27. The molecular formula is C13H12N4. The number of anilines is 2. The van der Waals surface area contributed by atoms with Crippen LogP contribution in [-0.2, 0) is 0 Å². The van der Waals surface area contributed by atoms with E-state index in [1.165, 1.54) is 0 Å². The first-order valence-electron chi connectivity index (χ1n) is 5.35. The van der Waals surface area contributed by atoms with Crippen molar-refractivity contribution >= 4 is 22.7 Å². The van der Waals surface area contributed by atoms with Crippen molar-refractivity contribution in [2.75, 3.05) is 11.5 Å². The van der Waals surface area contributed by atoms with Gasteiger partial charge in [-0.1, -0.05) is 30.3 Å². The van der Waals surface area contributed by atoms with Gasteiger partial charge in [0.15, 0.2) is 5.95 Å². The number of para-hydroxylation sites is 2. The zero-order valence-electron chi connectivity index (χ0n) is 9.14. The van der Waals surface area contributed by atoms with Gasteiger partial charge in [-0.15, -0.1) is 0 Å². The van der Waals surface area contributed by atoms with Gasteiger partial charge in [-0.3, -0.25) is 0 Å². The van der Waals surface area contributed by atoms with Crippen LogP contribution in [0, 0.1) is 0 Å². The molecule has 0 aliphatic carbocycles. The van der Waals surface area contributed by atoms with Crippen LogP contribution < -0.4 is 11.5 Å². The number of nitrogens with zero attached hydrogens (tertiary/aromatic N) is 1. The zero-order valence-corrected chi connectivity index (χ0v) is 9.14. The van der Waals surface area contributed by atoms with Crippen LogP contribution in [0.1, 0.15) is 0 Å². The van der Waals surface area contributed by atoms with E-state index in [0.29, 0.717) is 5.95 Å². The second-order valence-corrected chi connectivity index (χ2v) is 3.91. The topological polar surface area (TPSA) is 80.7 Å². The van der Waals surface area contributed by atoms with Gasteiger partial charge in [0.05, 0.1) is 11.0 Å². The van der Waals surface area contributed by atoms with Crippen molar-refractivity contribution < 1.29 is 0 Å². The molecule has 0 saturated carbocycles. The molecule has 0 amide bonds. The van der Waals surface area contributed by atoms with Crippen LogP contribution in [0.5, 0.6) is 0 Å². The number of hydrogen-bond acceptors (Lipinski definition) is 3. The van der Waals surface area contributed by atoms with Crippen molar-refractivity contribution in [3.05, 3.63) is 42.5 Å². The summed E-state index contributed by atoms with van der Waals surface area (Å²) in [6.45, 7) is 0. The summed E-state index contributed by atoms with van der Waals surface area (Å²) in [5.74, 6) is 0.418. The molecule has 17 heavy (non-hydrogen) atoms. The number of benzene rings is 2. The predicted octanol–water partition coefficient (Wildman–Crippen LogP) is 2.39. The third kappa shape index (κ3) is 1.50. The standard InChI is InChI=1S/C13H12N4/c14-10-6-2-1-4-8(10)9-5-3-7-11-12(9)17-13(15)16-11/h1-7H,14H2,(H3,15,16,17). The average Bonchev–Trinajstić information content (AvgIpc) is 2.70. The van der Waals surface area contributed by atoms with Gasteiger partial charge in [0.25, 0.3) is 0 Å². The Kier molecular flexibility index (Phi) is 2.01. The minimum atomic E-state index is 0.418. The Morgan fingerprint density at radius 2 is 1.65 bits per heavy atom. The molecule has 0 unspecified atom stereocenters. The first-order chi connectivity index (χ1) is 8.25. The van der Waals surface area contributed by atoms with Crippen molar-refractivity contribution in [3.63, 3.8) is 0 Å². The highest BCUT2D eigenvalue weighted by Gasteiger charge is 2.08. The molecule has 3 aromatic rings. The molecule has 1 heterocycles. The maximum absolute atomic E-state index is 5.98. The fraction of sp³-hybridized carbons (Fsp3) is 0. The van der Waals surface area contributed by atoms with Crippen molar-refractivity contribution in [1.29, 1.82) is 0 Å². The van der Waals surface area contributed by atoms with Crippen molar-refractivity contribution in [2.24, 2.45) is 0 Å². The number of aromatic amines is 1. The van der Waals surface area contributed by atoms with E-state index < -0.39 is 0 Å². The second-order valence-electron chi connectivity index (χ2n) is 3.91. The van der Waals surface area contributed by atoms with E-state index in [9.17, 15) is 0 Å². The fourth-order valence-electron chi connectivity index (χ4n) is 2.02. The molecule has 2 aromatic carbocycles. The molecule has 4 heteroatoms. The molecule has 0 bridgehead atoms. The number of nitrogens with two attached hydrogens (primary N) is 2. The van der Waals surface area contributed by atoms with Crippen LogP contribution in [-0.4, -0.2) is 9.97 Å². The van der Waals surface area contributed by atoms with Gasteiger partial charge < -0.3 is 16.5 Å². The molecule has 0 spiro atoms. The Morgan fingerprint density at radius 1 is 0.882 bits per heavy atom. The number of nitrogens with one attached hydrogen (secondary N) is 1. The van der Waals surface area contributed by atoms with Gasteiger partial charge in [-0.05, 0) is 12.1 Å². The minimum Gasteiger partial charge on any atom is -0.398 e. The van der Waals surface area contributed by atoms with Crippen molar-refractivity contribution in [1.82, 2.24) is 9.97 Å². The summed E-state index contributed by atoms with van der Waals surface area (Å²) in [5.41, 5.74) is 16.2. The SMILES string of the molecule is Nc1nc2cccc(-c3ccccc3N)c2[nH]1. The summed E-state index contributed by atoms with van der Waals surface area (Å²) < 4.78 is 0. The summed E-state index contributed by atoms with van der Waals surface area (Å²) >= 11 is 0. The smallest absolute Gasteiger partial charge is 0.198 e. The largest absolute Gasteiger partial charge is 0.398 e. The number of H-pyrrole nitrogens is 1. The van der Waals surface area contributed by atoms with Crippen LogP contribution in [0.25, 0.3) is 22.2 Å². The number of aromatic nitrogens is 2. The first-order valence-corrected chi connectivity index (χ1v) is 5.35. The van der Waals surface area contributed by atoms with Gasteiger partial charge in [-0.25, -0.2) is 4.98 Å². The van der Waals surface area contributed by atoms with E-state index >= 15 is 0 Å². The van der Waals surface area contributed by atoms with Crippen molar-refractivity contribution in [2.45, 2.75) is 0 Å². The van der Waals surface area contributed by atoms with Crippen LogP contribution in [0.4, 0.5) is 11.6 Å². The highest BCUT2D eigenvalue weighted by Crippen LogP contribution is 2.31. The number of nitrogen functional groups attached to an aromatic ring is 2. The van der Waals surface area contributed by atoms with E-state index in [2.05, 4.69) is 9.97 Å². The van der Waals surface area contributed by atoms with E-state index in [1.54, 1.807) is 0 Å². The van der Waals surface area contributed by atoms with Crippen LogP contribution in [0.15, 0.2) is 42.5 Å². The molecule has 5 N–H and O–H groups in total. The Hall–Kier alpha value is -2.49. The Bertz CT molecular complexity index is 685. The second kappa shape index (κ2) is 3.52. The van der Waals surface area contributed by atoms with Gasteiger partial charge in [0, 0.05) is 16.8 Å². The lowest BCUT2D eigenvalue weighted by Crippen LogP contribution is -1.90. The van der Waals surface area contributed by atoms with Crippen LogP contribution in [0.3, 0.4) is 0 Å². The van der Waals surface area contributed by atoms with Crippen molar-refractivity contribution in [3.8, 4) is 11.1 Å². The predicted molar refractivity (Wildman–Crippen MR) is 70.4 cm³/mol. The quantitative estimate of drug-likeness (QED) is 0.555. The van der Waals surface area contributed by atoms with E-state index in [1.807, 2.05) is 42.5 Å². The zero-order chi connectivity index (χ0) is 11.8. The molecule has 3 rings (SSSR count). The highest BCUT2D eigenvalue weighted by molar-refractivity contribution is 5.96. The number of rotatable bonds is 1. The maximum atomic E-state index is 5.98. The first kappa shape index (κ1) is 9.72. The summed E-state index contributed by atoms with van der Waals surface area (Å²) in [6, 6.07) is 13.6. The number of fused-ring (bicyclic) bond motifs is 1. The molecule has 0 atom stereocenters. The van der Waals surface area contributed by atoms with Crippen LogP contribution >= 0.6 is 0 Å². The minimum absolute atomic E-state index is 0.418. The van der Waals surface area contributed by atoms with Gasteiger partial charge >= 0.3 is 0 Å². The van der Waals surface area contributed by atoms with Gasteiger partial charge in [0.1, 0.15) is 0 Å². The monoisotopic (exact) mass is 224 g/mol.